The average molecular weight is 336 g/mol. The highest BCUT2D eigenvalue weighted by Gasteiger charge is 2.40. The van der Waals surface area contributed by atoms with Gasteiger partial charge >= 0.3 is 0 Å². The molecular weight excluding hydrogens is 321 g/mol. The lowest BCUT2D eigenvalue weighted by Gasteiger charge is -2.13. The molecule has 0 radical (unpaired) electrons. The van der Waals surface area contributed by atoms with E-state index in [0.29, 0.717) is 6.54 Å². The Balaban J connectivity index is 2.16. The van der Waals surface area contributed by atoms with E-state index >= 15 is 0 Å². The second-order valence-corrected chi connectivity index (χ2v) is 8.15. The Kier molecular flexibility index (Phi) is 4.33. The van der Waals surface area contributed by atoms with Crippen molar-refractivity contribution in [3.63, 3.8) is 0 Å². The van der Waals surface area contributed by atoms with E-state index in [1.165, 1.54) is 18.2 Å². The maximum absolute atomic E-state index is 12.1. The Bertz CT molecular complexity index is 639. The first kappa shape index (κ1) is 15.6. The van der Waals surface area contributed by atoms with Crippen molar-refractivity contribution in [3.05, 3.63) is 28.8 Å². The molecule has 1 saturated carbocycles. The summed E-state index contributed by atoms with van der Waals surface area (Å²) in [5.74, 6) is -0.339. The zero-order chi connectivity index (χ0) is 15.0. The van der Waals surface area contributed by atoms with Crippen molar-refractivity contribution < 1.29 is 13.2 Å². The van der Waals surface area contributed by atoms with Gasteiger partial charge < -0.3 is 5.32 Å². The quantitative estimate of drug-likeness (QED) is 0.840. The van der Waals surface area contributed by atoms with Crippen molar-refractivity contribution in [2.75, 3.05) is 6.54 Å². The van der Waals surface area contributed by atoms with Crippen LogP contribution < -0.4 is 5.32 Å². The van der Waals surface area contributed by atoms with Crippen LogP contribution in [-0.2, 0) is 9.05 Å². The molecule has 0 bridgehead atoms. The summed E-state index contributed by atoms with van der Waals surface area (Å²) >= 11 is 5.83. The highest BCUT2D eigenvalue weighted by molar-refractivity contribution is 8.13. The van der Waals surface area contributed by atoms with Crippen molar-refractivity contribution in [2.24, 2.45) is 5.41 Å². The minimum absolute atomic E-state index is 0.161. The van der Waals surface area contributed by atoms with Gasteiger partial charge in [0, 0.05) is 27.8 Å². The largest absolute Gasteiger partial charge is 0.351 e. The molecule has 0 saturated heterocycles. The number of amides is 1. The molecule has 20 heavy (non-hydrogen) atoms. The van der Waals surface area contributed by atoms with E-state index in [0.717, 1.165) is 19.3 Å². The fourth-order valence-electron chi connectivity index (χ4n) is 2.04. The number of nitrogens with one attached hydrogen (secondary N) is 1. The first-order chi connectivity index (χ1) is 9.26. The summed E-state index contributed by atoms with van der Waals surface area (Å²) in [5, 5.41) is 2.98. The van der Waals surface area contributed by atoms with Gasteiger partial charge in [-0.05, 0) is 42.9 Å². The predicted octanol–water partition coefficient (Wildman–Crippen LogP) is 3.19. The zero-order valence-corrected chi connectivity index (χ0v) is 13.3. The van der Waals surface area contributed by atoms with Crippen molar-refractivity contribution in [3.8, 4) is 0 Å². The highest BCUT2D eigenvalue weighted by Crippen LogP contribution is 2.47. The molecule has 0 unspecified atom stereocenters. The topological polar surface area (TPSA) is 63.2 Å². The lowest BCUT2D eigenvalue weighted by atomic mass is 10.0. The van der Waals surface area contributed by atoms with E-state index in [1.807, 2.05) is 0 Å². The number of carbonyl (C=O) groups excluding carboxylic acids is 1. The number of halogens is 2. The average Bonchev–Trinajstić information content (AvgIpc) is 3.15. The van der Waals surface area contributed by atoms with Crippen LogP contribution in [0.5, 0.6) is 0 Å². The van der Waals surface area contributed by atoms with E-state index in [9.17, 15) is 13.2 Å². The van der Waals surface area contributed by atoms with E-state index < -0.39 is 9.05 Å². The summed E-state index contributed by atoms with van der Waals surface area (Å²) in [6, 6.07) is 3.87. The fraction of sp³-hybridized carbons (Fsp3) is 0.462. The van der Waals surface area contributed by atoms with Crippen molar-refractivity contribution in [2.45, 2.75) is 31.1 Å². The fourth-order valence-corrected chi connectivity index (χ4v) is 3.14. The molecule has 0 aliphatic heterocycles. The molecule has 1 aliphatic rings. The normalized spacial score (nSPS) is 16.8. The number of carbonyl (C=O) groups is 1. The molecule has 0 heterocycles. The van der Waals surface area contributed by atoms with Gasteiger partial charge in [0.15, 0.2) is 0 Å². The maximum Gasteiger partial charge on any atom is 0.261 e. The number of benzene rings is 1. The Morgan fingerprint density at radius 1 is 1.35 bits per heavy atom. The first-order valence-corrected chi connectivity index (χ1v) is 8.98. The number of hydrogen-bond acceptors (Lipinski definition) is 3. The van der Waals surface area contributed by atoms with Crippen molar-refractivity contribution >= 4 is 37.2 Å². The van der Waals surface area contributed by atoms with Gasteiger partial charge in [0.2, 0.25) is 0 Å². The third kappa shape index (κ3) is 3.65. The van der Waals surface area contributed by atoms with Gasteiger partial charge in [-0.15, -0.1) is 0 Å². The third-order valence-electron chi connectivity index (χ3n) is 3.75. The smallest absolute Gasteiger partial charge is 0.261 e. The molecule has 1 aromatic rings. The van der Waals surface area contributed by atoms with Crippen LogP contribution in [0.3, 0.4) is 0 Å². The van der Waals surface area contributed by atoms with Crippen LogP contribution >= 0.6 is 22.3 Å². The monoisotopic (exact) mass is 335 g/mol. The minimum atomic E-state index is -3.91. The lowest BCUT2D eigenvalue weighted by molar-refractivity contribution is 0.0944. The van der Waals surface area contributed by atoms with Gasteiger partial charge in [-0.25, -0.2) is 8.42 Å². The van der Waals surface area contributed by atoms with Crippen molar-refractivity contribution in [1.82, 2.24) is 5.32 Å². The van der Waals surface area contributed by atoms with Crippen LogP contribution in [0.15, 0.2) is 23.1 Å². The van der Waals surface area contributed by atoms with Gasteiger partial charge in [-0.2, -0.15) is 0 Å². The van der Waals surface area contributed by atoms with Gasteiger partial charge in [0.25, 0.3) is 15.0 Å². The van der Waals surface area contributed by atoms with Crippen LogP contribution in [0.2, 0.25) is 5.02 Å². The molecule has 0 atom stereocenters. The SMILES string of the molecule is CCC1(CNC(=O)c2cc(Cl)cc(S(=O)(=O)Cl)c2)CC1. The molecule has 0 aromatic heterocycles. The Morgan fingerprint density at radius 2 is 2.00 bits per heavy atom. The first-order valence-electron chi connectivity index (χ1n) is 6.29. The summed E-state index contributed by atoms with van der Waals surface area (Å²) in [4.78, 5) is 11.9. The molecule has 1 N–H and O–H groups in total. The van der Waals surface area contributed by atoms with Crippen molar-refractivity contribution in [1.29, 1.82) is 0 Å². The van der Waals surface area contributed by atoms with E-state index in [2.05, 4.69) is 12.2 Å². The second kappa shape index (κ2) is 5.54. The molecule has 2 rings (SSSR count). The second-order valence-electron chi connectivity index (χ2n) is 5.15. The molecule has 1 fully saturated rings. The standard InChI is InChI=1S/C13H15Cl2NO3S/c1-2-13(3-4-13)8-16-12(17)9-5-10(14)7-11(6-9)20(15,18)19/h5-7H,2-4,8H2,1H3,(H,16,17). The summed E-state index contributed by atoms with van der Waals surface area (Å²) in [5.41, 5.74) is 0.416. The third-order valence-corrected chi connectivity index (χ3v) is 5.30. The van der Waals surface area contributed by atoms with Gasteiger partial charge in [-0.1, -0.05) is 18.5 Å². The molecule has 1 amide bonds. The summed E-state index contributed by atoms with van der Waals surface area (Å²) < 4.78 is 22.6. The Morgan fingerprint density at radius 3 is 2.50 bits per heavy atom. The number of hydrogen-bond donors (Lipinski definition) is 1. The molecular formula is C13H15Cl2NO3S. The zero-order valence-electron chi connectivity index (χ0n) is 10.9. The summed E-state index contributed by atoms with van der Waals surface area (Å²) in [6.07, 6.45) is 3.24. The van der Waals surface area contributed by atoms with E-state index in [-0.39, 0.29) is 26.8 Å². The van der Waals surface area contributed by atoms with Crippen LogP contribution in [0, 0.1) is 5.41 Å². The predicted molar refractivity (Wildman–Crippen MR) is 78.8 cm³/mol. The molecule has 1 aliphatic carbocycles. The van der Waals surface area contributed by atoms with E-state index in [4.69, 9.17) is 22.3 Å². The summed E-state index contributed by atoms with van der Waals surface area (Å²) in [6.45, 7) is 2.69. The Hall–Kier alpha value is -0.780. The number of rotatable bonds is 5. The molecule has 110 valence electrons. The van der Waals surface area contributed by atoms with Gasteiger partial charge in [-0.3, -0.25) is 4.79 Å². The minimum Gasteiger partial charge on any atom is -0.351 e. The highest BCUT2D eigenvalue weighted by atomic mass is 35.7. The molecule has 1 aromatic carbocycles. The lowest BCUT2D eigenvalue weighted by Crippen LogP contribution is -2.30. The van der Waals surface area contributed by atoms with Gasteiger partial charge in [0.05, 0.1) is 4.90 Å². The van der Waals surface area contributed by atoms with E-state index in [1.54, 1.807) is 0 Å². The molecule has 7 heteroatoms. The summed E-state index contributed by atoms with van der Waals surface area (Å²) in [7, 11) is 1.36. The van der Waals surface area contributed by atoms with Crippen LogP contribution in [-0.4, -0.2) is 20.9 Å². The Labute approximate surface area is 127 Å². The van der Waals surface area contributed by atoms with Gasteiger partial charge in [0.1, 0.15) is 0 Å². The van der Waals surface area contributed by atoms with Crippen LogP contribution in [0.25, 0.3) is 0 Å². The van der Waals surface area contributed by atoms with Crippen LogP contribution in [0.1, 0.15) is 36.5 Å². The molecule has 0 spiro atoms. The maximum atomic E-state index is 12.1. The van der Waals surface area contributed by atoms with Crippen LogP contribution in [0.4, 0.5) is 0 Å². The molecule has 4 nitrogen and oxygen atoms in total.